The van der Waals surface area contributed by atoms with Crippen molar-refractivity contribution in [2.24, 2.45) is 0 Å². The molecule has 1 heterocycles. The SMILES string of the molecule is COc1ccc(C2OC(=O)c3cc(OC)ccc3C2C)cc1. The second kappa shape index (κ2) is 5.72. The van der Waals surface area contributed by atoms with Gasteiger partial charge in [0.25, 0.3) is 0 Å². The Morgan fingerprint density at radius 2 is 1.59 bits per heavy atom. The van der Waals surface area contributed by atoms with E-state index in [9.17, 15) is 4.79 Å². The molecule has 0 N–H and O–H groups in total. The minimum atomic E-state index is -0.312. The third-order valence-electron chi connectivity index (χ3n) is 4.10. The van der Waals surface area contributed by atoms with Crippen LogP contribution >= 0.6 is 0 Å². The van der Waals surface area contributed by atoms with Crippen molar-refractivity contribution in [2.45, 2.75) is 18.9 Å². The molecule has 2 atom stereocenters. The minimum absolute atomic E-state index is 0.0759. The van der Waals surface area contributed by atoms with Crippen molar-refractivity contribution < 1.29 is 19.0 Å². The van der Waals surface area contributed by atoms with E-state index in [1.54, 1.807) is 20.3 Å². The lowest BCUT2D eigenvalue weighted by Crippen LogP contribution is -2.25. The van der Waals surface area contributed by atoms with Gasteiger partial charge in [-0.3, -0.25) is 0 Å². The molecule has 3 rings (SSSR count). The van der Waals surface area contributed by atoms with Crippen LogP contribution in [0, 0.1) is 0 Å². The largest absolute Gasteiger partial charge is 0.497 e. The van der Waals surface area contributed by atoms with Crippen LogP contribution in [-0.2, 0) is 4.74 Å². The normalized spacial score (nSPS) is 20.0. The first-order valence-corrected chi connectivity index (χ1v) is 7.17. The molecule has 0 saturated heterocycles. The van der Waals surface area contributed by atoms with Crippen LogP contribution in [-0.4, -0.2) is 20.2 Å². The Labute approximate surface area is 129 Å². The number of ether oxygens (including phenoxy) is 3. The van der Waals surface area contributed by atoms with Gasteiger partial charge in [0.05, 0.1) is 19.8 Å². The highest BCUT2D eigenvalue weighted by atomic mass is 16.5. The van der Waals surface area contributed by atoms with Crippen LogP contribution in [0.1, 0.15) is 40.4 Å². The summed E-state index contributed by atoms with van der Waals surface area (Å²) in [4.78, 5) is 12.3. The van der Waals surface area contributed by atoms with E-state index in [1.165, 1.54) is 0 Å². The first-order valence-electron chi connectivity index (χ1n) is 7.17. The van der Waals surface area contributed by atoms with Gasteiger partial charge in [-0.25, -0.2) is 4.79 Å². The van der Waals surface area contributed by atoms with Gasteiger partial charge < -0.3 is 14.2 Å². The molecule has 0 aromatic heterocycles. The summed E-state index contributed by atoms with van der Waals surface area (Å²) in [5.74, 6) is 1.20. The van der Waals surface area contributed by atoms with Gasteiger partial charge in [-0.15, -0.1) is 0 Å². The van der Waals surface area contributed by atoms with Crippen LogP contribution in [0.2, 0.25) is 0 Å². The quantitative estimate of drug-likeness (QED) is 0.810. The average Bonchev–Trinajstić information content (AvgIpc) is 2.57. The molecular formula is C18H18O4. The second-order valence-corrected chi connectivity index (χ2v) is 5.34. The van der Waals surface area contributed by atoms with E-state index in [-0.39, 0.29) is 18.0 Å². The molecule has 0 amide bonds. The Kier molecular flexibility index (Phi) is 3.75. The molecule has 114 valence electrons. The molecule has 2 aromatic carbocycles. The zero-order valence-electron chi connectivity index (χ0n) is 12.8. The van der Waals surface area contributed by atoms with Crippen LogP contribution in [0.25, 0.3) is 0 Å². The first-order chi connectivity index (χ1) is 10.6. The fraction of sp³-hybridized carbons (Fsp3) is 0.278. The van der Waals surface area contributed by atoms with E-state index in [0.717, 1.165) is 16.9 Å². The van der Waals surface area contributed by atoms with Crippen molar-refractivity contribution in [2.75, 3.05) is 14.2 Å². The van der Waals surface area contributed by atoms with Crippen LogP contribution < -0.4 is 9.47 Å². The molecule has 0 saturated carbocycles. The number of esters is 1. The summed E-state index contributed by atoms with van der Waals surface area (Å²) >= 11 is 0. The third-order valence-corrected chi connectivity index (χ3v) is 4.10. The summed E-state index contributed by atoms with van der Waals surface area (Å²) in [5, 5.41) is 0. The zero-order valence-corrected chi connectivity index (χ0v) is 12.8. The fourth-order valence-electron chi connectivity index (χ4n) is 2.83. The highest BCUT2D eigenvalue weighted by Gasteiger charge is 2.34. The molecule has 4 heteroatoms. The molecule has 2 aromatic rings. The van der Waals surface area contributed by atoms with Crippen molar-refractivity contribution >= 4 is 5.97 Å². The predicted molar refractivity (Wildman–Crippen MR) is 82.6 cm³/mol. The Bertz CT molecular complexity index is 691. The maximum atomic E-state index is 12.3. The second-order valence-electron chi connectivity index (χ2n) is 5.34. The number of hydrogen-bond donors (Lipinski definition) is 0. The summed E-state index contributed by atoms with van der Waals surface area (Å²) in [6.45, 7) is 2.06. The monoisotopic (exact) mass is 298 g/mol. The molecule has 1 aliphatic rings. The lowest BCUT2D eigenvalue weighted by molar-refractivity contribution is 0.0184. The van der Waals surface area contributed by atoms with Crippen molar-refractivity contribution in [3.05, 3.63) is 59.2 Å². The average molecular weight is 298 g/mol. The van der Waals surface area contributed by atoms with Gasteiger partial charge in [0.2, 0.25) is 0 Å². The van der Waals surface area contributed by atoms with E-state index in [0.29, 0.717) is 11.3 Å². The Balaban J connectivity index is 1.97. The minimum Gasteiger partial charge on any atom is -0.497 e. The fourth-order valence-corrected chi connectivity index (χ4v) is 2.83. The van der Waals surface area contributed by atoms with E-state index >= 15 is 0 Å². The van der Waals surface area contributed by atoms with E-state index in [1.807, 2.05) is 36.4 Å². The molecular weight excluding hydrogens is 280 g/mol. The standard InChI is InChI=1S/C18H18O4/c1-11-15-9-8-14(21-3)10-16(15)18(19)22-17(11)12-4-6-13(20-2)7-5-12/h4-11,17H,1-3H3. The van der Waals surface area contributed by atoms with Crippen molar-refractivity contribution in [3.8, 4) is 11.5 Å². The van der Waals surface area contributed by atoms with Crippen LogP contribution in [0.4, 0.5) is 0 Å². The summed E-state index contributed by atoms with van der Waals surface area (Å²) in [7, 11) is 3.21. The molecule has 0 bridgehead atoms. The van der Waals surface area contributed by atoms with Gasteiger partial charge in [0.1, 0.15) is 17.6 Å². The number of benzene rings is 2. The van der Waals surface area contributed by atoms with E-state index < -0.39 is 0 Å². The number of methoxy groups -OCH3 is 2. The first kappa shape index (κ1) is 14.4. The Hall–Kier alpha value is -2.49. The van der Waals surface area contributed by atoms with Crippen LogP contribution in [0.5, 0.6) is 11.5 Å². The third kappa shape index (κ3) is 2.41. The van der Waals surface area contributed by atoms with Crippen molar-refractivity contribution in [3.63, 3.8) is 0 Å². The number of carbonyl (C=O) groups excluding carboxylic acids is 1. The van der Waals surface area contributed by atoms with Gasteiger partial charge in [0.15, 0.2) is 0 Å². The zero-order chi connectivity index (χ0) is 15.7. The van der Waals surface area contributed by atoms with Gasteiger partial charge in [0, 0.05) is 5.92 Å². The molecule has 4 nitrogen and oxygen atoms in total. The van der Waals surface area contributed by atoms with E-state index in [4.69, 9.17) is 14.2 Å². The molecule has 22 heavy (non-hydrogen) atoms. The smallest absolute Gasteiger partial charge is 0.339 e. The van der Waals surface area contributed by atoms with Gasteiger partial charge in [-0.05, 0) is 35.4 Å². The summed E-state index contributed by atoms with van der Waals surface area (Å²) in [6.07, 6.45) is -0.292. The van der Waals surface area contributed by atoms with Gasteiger partial charge in [-0.2, -0.15) is 0 Å². The molecule has 1 aliphatic heterocycles. The summed E-state index contributed by atoms with van der Waals surface area (Å²) < 4.78 is 16.0. The summed E-state index contributed by atoms with van der Waals surface area (Å²) in [5.41, 5.74) is 2.53. The lowest BCUT2D eigenvalue weighted by Gasteiger charge is -2.31. The number of hydrogen-bond acceptors (Lipinski definition) is 4. The molecule has 0 fully saturated rings. The number of cyclic esters (lactones) is 1. The van der Waals surface area contributed by atoms with Gasteiger partial charge >= 0.3 is 5.97 Å². The lowest BCUT2D eigenvalue weighted by atomic mass is 9.85. The topological polar surface area (TPSA) is 44.8 Å². The highest BCUT2D eigenvalue weighted by Crippen LogP contribution is 2.41. The number of rotatable bonds is 3. The molecule has 2 unspecified atom stereocenters. The van der Waals surface area contributed by atoms with Crippen LogP contribution in [0.15, 0.2) is 42.5 Å². The summed E-state index contributed by atoms with van der Waals surface area (Å²) in [6, 6.07) is 13.2. The Morgan fingerprint density at radius 3 is 2.23 bits per heavy atom. The van der Waals surface area contributed by atoms with Crippen molar-refractivity contribution in [1.82, 2.24) is 0 Å². The molecule has 0 spiro atoms. The van der Waals surface area contributed by atoms with Crippen molar-refractivity contribution in [1.29, 1.82) is 0 Å². The number of fused-ring (bicyclic) bond motifs is 1. The highest BCUT2D eigenvalue weighted by molar-refractivity contribution is 5.93. The number of carbonyl (C=O) groups is 1. The molecule has 0 aliphatic carbocycles. The predicted octanol–water partition coefficient (Wildman–Crippen LogP) is 3.72. The maximum Gasteiger partial charge on any atom is 0.339 e. The van der Waals surface area contributed by atoms with E-state index in [2.05, 4.69) is 6.92 Å². The van der Waals surface area contributed by atoms with Gasteiger partial charge in [-0.1, -0.05) is 25.1 Å². The van der Waals surface area contributed by atoms with Crippen LogP contribution in [0.3, 0.4) is 0 Å². The maximum absolute atomic E-state index is 12.3. The Morgan fingerprint density at radius 1 is 0.955 bits per heavy atom. The molecule has 0 radical (unpaired) electrons.